The maximum atomic E-state index is 12.0. The number of carbonyl (C=O) groups excluding carboxylic acids is 1. The van der Waals surface area contributed by atoms with Gasteiger partial charge in [0.15, 0.2) is 0 Å². The monoisotopic (exact) mass is 288 g/mol. The van der Waals surface area contributed by atoms with Crippen molar-refractivity contribution in [2.24, 2.45) is 0 Å². The number of aromatic nitrogens is 1. The normalized spacial score (nSPS) is 12.9. The van der Waals surface area contributed by atoms with Crippen molar-refractivity contribution in [3.8, 4) is 0 Å². The Kier molecular flexibility index (Phi) is 4.55. The standard InChI is InChI=1S/C16H20N2OS/c1-12(18-15(19)14-10-20-11-17-14)9-16(2,3)13-7-5-4-6-8-13/h4-8,10-12H,9H2,1-3H3,(H,18,19)/t12-/m0/s1. The maximum Gasteiger partial charge on any atom is 0.270 e. The summed E-state index contributed by atoms with van der Waals surface area (Å²) >= 11 is 1.43. The van der Waals surface area contributed by atoms with E-state index in [1.165, 1.54) is 16.9 Å². The Morgan fingerprint density at radius 1 is 1.35 bits per heavy atom. The van der Waals surface area contributed by atoms with Gasteiger partial charge in [0.25, 0.3) is 5.91 Å². The summed E-state index contributed by atoms with van der Waals surface area (Å²) in [5.74, 6) is -0.0948. The number of thiazole rings is 1. The fourth-order valence-corrected chi connectivity index (χ4v) is 2.98. The van der Waals surface area contributed by atoms with Gasteiger partial charge in [-0.2, -0.15) is 0 Å². The Balaban J connectivity index is 1.97. The van der Waals surface area contributed by atoms with Crippen LogP contribution in [0.15, 0.2) is 41.2 Å². The number of benzene rings is 1. The van der Waals surface area contributed by atoms with Crippen LogP contribution in [0, 0.1) is 0 Å². The highest BCUT2D eigenvalue weighted by atomic mass is 32.1. The summed E-state index contributed by atoms with van der Waals surface area (Å²) < 4.78 is 0. The fourth-order valence-electron chi connectivity index (χ4n) is 2.45. The zero-order valence-electron chi connectivity index (χ0n) is 12.1. The Morgan fingerprint density at radius 3 is 2.65 bits per heavy atom. The van der Waals surface area contributed by atoms with E-state index < -0.39 is 0 Å². The van der Waals surface area contributed by atoms with E-state index in [4.69, 9.17) is 0 Å². The molecule has 2 aromatic rings. The molecule has 1 amide bonds. The summed E-state index contributed by atoms with van der Waals surface area (Å²) in [5.41, 5.74) is 3.48. The Hall–Kier alpha value is -1.68. The predicted octanol–water partition coefficient (Wildman–Crippen LogP) is 3.63. The number of hydrogen-bond donors (Lipinski definition) is 1. The third kappa shape index (κ3) is 3.67. The number of carbonyl (C=O) groups is 1. The number of hydrogen-bond acceptors (Lipinski definition) is 3. The molecule has 1 N–H and O–H groups in total. The number of nitrogens with one attached hydrogen (secondary N) is 1. The molecule has 0 saturated heterocycles. The van der Waals surface area contributed by atoms with E-state index >= 15 is 0 Å². The van der Waals surface area contributed by atoms with Gasteiger partial charge in [-0.05, 0) is 24.3 Å². The molecule has 0 radical (unpaired) electrons. The average molecular weight is 288 g/mol. The van der Waals surface area contributed by atoms with Crippen LogP contribution < -0.4 is 5.32 Å². The molecule has 20 heavy (non-hydrogen) atoms. The van der Waals surface area contributed by atoms with E-state index in [9.17, 15) is 4.79 Å². The molecule has 0 spiro atoms. The molecule has 0 bridgehead atoms. The maximum absolute atomic E-state index is 12.0. The molecule has 0 unspecified atom stereocenters. The third-order valence-corrected chi connectivity index (χ3v) is 4.00. The van der Waals surface area contributed by atoms with Gasteiger partial charge in [0.1, 0.15) is 5.69 Å². The van der Waals surface area contributed by atoms with Crippen LogP contribution in [0.3, 0.4) is 0 Å². The molecule has 2 rings (SSSR count). The first-order valence-electron chi connectivity index (χ1n) is 6.73. The van der Waals surface area contributed by atoms with Crippen LogP contribution in [0.1, 0.15) is 43.2 Å². The lowest BCUT2D eigenvalue weighted by Crippen LogP contribution is -2.37. The van der Waals surface area contributed by atoms with Crippen molar-refractivity contribution in [1.29, 1.82) is 0 Å². The lowest BCUT2D eigenvalue weighted by molar-refractivity contribution is 0.0930. The quantitative estimate of drug-likeness (QED) is 0.913. The summed E-state index contributed by atoms with van der Waals surface area (Å²) in [7, 11) is 0. The summed E-state index contributed by atoms with van der Waals surface area (Å²) in [6.45, 7) is 6.44. The molecule has 0 saturated carbocycles. The first-order valence-corrected chi connectivity index (χ1v) is 7.68. The molecular weight excluding hydrogens is 268 g/mol. The molecule has 0 fully saturated rings. The largest absolute Gasteiger partial charge is 0.348 e. The zero-order valence-corrected chi connectivity index (χ0v) is 12.9. The third-order valence-electron chi connectivity index (χ3n) is 3.41. The van der Waals surface area contributed by atoms with Crippen molar-refractivity contribution in [2.75, 3.05) is 0 Å². The second kappa shape index (κ2) is 6.18. The molecule has 0 aliphatic heterocycles. The molecule has 1 atom stereocenters. The van der Waals surface area contributed by atoms with E-state index in [0.29, 0.717) is 5.69 Å². The SMILES string of the molecule is C[C@@H](CC(C)(C)c1ccccc1)NC(=O)c1cscn1. The van der Waals surface area contributed by atoms with Crippen LogP contribution in [0.4, 0.5) is 0 Å². The van der Waals surface area contributed by atoms with E-state index in [1.807, 2.05) is 13.0 Å². The van der Waals surface area contributed by atoms with Gasteiger partial charge in [-0.25, -0.2) is 4.98 Å². The molecule has 4 heteroatoms. The smallest absolute Gasteiger partial charge is 0.270 e. The van der Waals surface area contributed by atoms with Crippen molar-refractivity contribution in [3.63, 3.8) is 0 Å². The van der Waals surface area contributed by atoms with Gasteiger partial charge < -0.3 is 5.32 Å². The van der Waals surface area contributed by atoms with Crippen molar-refractivity contribution in [1.82, 2.24) is 10.3 Å². The number of rotatable bonds is 5. The van der Waals surface area contributed by atoms with E-state index in [0.717, 1.165) is 6.42 Å². The van der Waals surface area contributed by atoms with E-state index in [1.54, 1.807) is 10.9 Å². The predicted molar refractivity (Wildman–Crippen MR) is 83.1 cm³/mol. The van der Waals surface area contributed by atoms with Gasteiger partial charge in [-0.3, -0.25) is 4.79 Å². The molecule has 0 aliphatic rings. The van der Waals surface area contributed by atoms with Gasteiger partial charge in [0.05, 0.1) is 5.51 Å². The minimum Gasteiger partial charge on any atom is -0.348 e. The van der Waals surface area contributed by atoms with Gasteiger partial charge in [0.2, 0.25) is 0 Å². The number of amides is 1. The molecule has 1 aromatic carbocycles. The van der Waals surface area contributed by atoms with Crippen LogP contribution in [-0.2, 0) is 5.41 Å². The van der Waals surface area contributed by atoms with E-state index in [2.05, 4.69) is 48.4 Å². The summed E-state index contributed by atoms with van der Waals surface area (Å²) in [6, 6.07) is 10.5. The Morgan fingerprint density at radius 2 is 2.05 bits per heavy atom. The Bertz CT molecular complexity index is 549. The van der Waals surface area contributed by atoms with Gasteiger partial charge in [-0.1, -0.05) is 44.2 Å². The first-order chi connectivity index (χ1) is 9.49. The minimum atomic E-state index is -0.0948. The van der Waals surface area contributed by atoms with Crippen LogP contribution in [0.2, 0.25) is 0 Å². The van der Waals surface area contributed by atoms with Crippen LogP contribution in [0.25, 0.3) is 0 Å². The second-order valence-corrected chi connectivity index (χ2v) is 6.42. The minimum absolute atomic E-state index is 0.0238. The van der Waals surface area contributed by atoms with Crippen molar-refractivity contribution < 1.29 is 4.79 Å². The number of nitrogens with zero attached hydrogens (tertiary/aromatic N) is 1. The molecule has 0 aliphatic carbocycles. The Labute approximate surface area is 124 Å². The van der Waals surface area contributed by atoms with Crippen LogP contribution in [0.5, 0.6) is 0 Å². The van der Waals surface area contributed by atoms with Crippen molar-refractivity contribution >= 4 is 17.2 Å². The highest BCUT2D eigenvalue weighted by Crippen LogP contribution is 2.28. The van der Waals surface area contributed by atoms with E-state index in [-0.39, 0.29) is 17.4 Å². The molecule has 106 valence electrons. The van der Waals surface area contributed by atoms with Crippen molar-refractivity contribution in [2.45, 2.75) is 38.6 Å². The lowest BCUT2D eigenvalue weighted by atomic mass is 9.79. The van der Waals surface area contributed by atoms with Crippen LogP contribution >= 0.6 is 11.3 Å². The first kappa shape index (κ1) is 14.7. The molecule has 1 heterocycles. The second-order valence-electron chi connectivity index (χ2n) is 5.70. The lowest BCUT2D eigenvalue weighted by Gasteiger charge is -2.29. The summed E-state index contributed by atoms with van der Waals surface area (Å²) in [6.07, 6.45) is 0.882. The molecule has 1 aromatic heterocycles. The topological polar surface area (TPSA) is 42.0 Å². The van der Waals surface area contributed by atoms with Crippen LogP contribution in [-0.4, -0.2) is 16.9 Å². The van der Waals surface area contributed by atoms with Gasteiger partial charge in [-0.15, -0.1) is 11.3 Å². The highest BCUT2D eigenvalue weighted by Gasteiger charge is 2.24. The molecule has 3 nitrogen and oxygen atoms in total. The van der Waals surface area contributed by atoms with Gasteiger partial charge >= 0.3 is 0 Å². The van der Waals surface area contributed by atoms with Crippen molar-refractivity contribution in [3.05, 3.63) is 52.5 Å². The zero-order chi connectivity index (χ0) is 14.6. The molecular formula is C16H20N2OS. The fraction of sp³-hybridized carbons (Fsp3) is 0.375. The summed E-state index contributed by atoms with van der Waals surface area (Å²) in [4.78, 5) is 16.0. The highest BCUT2D eigenvalue weighted by molar-refractivity contribution is 7.07. The summed E-state index contributed by atoms with van der Waals surface area (Å²) in [5, 5.41) is 4.78. The average Bonchev–Trinajstić information content (AvgIpc) is 2.93. The van der Waals surface area contributed by atoms with Gasteiger partial charge in [0, 0.05) is 11.4 Å².